The highest BCUT2D eigenvalue weighted by Crippen LogP contribution is 2.10. The molecule has 0 aliphatic carbocycles. The molecule has 0 saturated heterocycles. The van der Waals surface area contributed by atoms with Crippen molar-refractivity contribution in [3.8, 4) is 0 Å². The Balaban J connectivity index is 2.05. The van der Waals surface area contributed by atoms with Gasteiger partial charge in [0.05, 0.1) is 12.3 Å². The summed E-state index contributed by atoms with van der Waals surface area (Å²) in [4.78, 5) is 12.0. The minimum atomic E-state index is -3.50. The molecule has 2 rings (SSSR count). The zero-order valence-electron chi connectivity index (χ0n) is 11.8. The Hall–Kier alpha value is -1.98. The van der Waals surface area contributed by atoms with E-state index in [-0.39, 0.29) is 18.1 Å². The van der Waals surface area contributed by atoms with Gasteiger partial charge in [-0.1, -0.05) is 60.7 Å². The number of hydrogen-bond acceptors (Lipinski definition) is 3. The quantitative estimate of drug-likeness (QED) is 0.770. The number of carbonyl (C=O) groups is 1. The van der Waals surface area contributed by atoms with E-state index in [4.69, 9.17) is 0 Å². The van der Waals surface area contributed by atoms with Crippen LogP contribution in [0.5, 0.6) is 0 Å². The molecule has 0 aromatic heterocycles. The minimum Gasteiger partial charge on any atom is -0.293 e. The van der Waals surface area contributed by atoms with Crippen molar-refractivity contribution < 1.29 is 13.2 Å². The number of Topliss-reactive ketones (excluding diaryl/α,β-unsaturated/α-hetero) is 1. The molecule has 0 radical (unpaired) electrons. The van der Waals surface area contributed by atoms with Crippen LogP contribution in [-0.2, 0) is 15.8 Å². The highest BCUT2D eigenvalue weighted by atomic mass is 32.2. The van der Waals surface area contributed by atoms with E-state index in [9.17, 15) is 13.2 Å². The van der Waals surface area contributed by atoms with Gasteiger partial charge in [-0.05, 0) is 5.56 Å². The first-order valence-electron chi connectivity index (χ1n) is 6.55. The van der Waals surface area contributed by atoms with E-state index in [1.54, 1.807) is 48.5 Å². The van der Waals surface area contributed by atoms with Crippen molar-refractivity contribution in [3.63, 3.8) is 0 Å². The second-order valence-corrected chi connectivity index (χ2v) is 6.86. The first-order chi connectivity index (χ1) is 9.99. The van der Waals surface area contributed by atoms with E-state index in [0.29, 0.717) is 11.1 Å². The van der Waals surface area contributed by atoms with Gasteiger partial charge in [-0.3, -0.25) is 4.79 Å². The molecule has 0 aliphatic heterocycles. The lowest BCUT2D eigenvalue weighted by molar-refractivity contribution is 0.0973. The third-order valence-electron chi connectivity index (χ3n) is 3.13. The van der Waals surface area contributed by atoms with Gasteiger partial charge in [0.2, 0.25) is 10.0 Å². The zero-order chi connectivity index (χ0) is 15.3. The molecule has 2 aromatic rings. The largest absolute Gasteiger partial charge is 0.293 e. The Kier molecular flexibility index (Phi) is 4.88. The van der Waals surface area contributed by atoms with Crippen LogP contribution in [-0.4, -0.2) is 32.1 Å². The van der Waals surface area contributed by atoms with Crippen LogP contribution in [0.25, 0.3) is 0 Å². The monoisotopic (exact) mass is 303 g/mol. The maximum Gasteiger partial charge on any atom is 0.218 e. The first kappa shape index (κ1) is 15.4. The molecule has 0 bridgehead atoms. The summed E-state index contributed by atoms with van der Waals surface area (Å²) in [6, 6.07) is 17.6. The second-order valence-electron chi connectivity index (χ2n) is 4.79. The van der Waals surface area contributed by atoms with Gasteiger partial charge in [-0.25, -0.2) is 8.42 Å². The minimum absolute atomic E-state index is 0.105. The normalized spacial score (nSPS) is 11.5. The van der Waals surface area contributed by atoms with Gasteiger partial charge in [-0.15, -0.1) is 0 Å². The van der Waals surface area contributed by atoms with Crippen molar-refractivity contribution in [2.24, 2.45) is 0 Å². The van der Waals surface area contributed by atoms with Crippen LogP contribution < -0.4 is 0 Å². The summed E-state index contributed by atoms with van der Waals surface area (Å²) in [5.41, 5.74) is 1.22. The van der Waals surface area contributed by atoms with Crippen molar-refractivity contribution in [2.75, 3.05) is 13.6 Å². The number of carbonyl (C=O) groups excluding carboxylic acids is 1. The van der Waals surface area contributed by atoms with E-state index in [2.05, 4.69) is 0 Å². The molecule has 5 heteroatoms. The third kappa shape index (κ3) is 4.24. The van der Waals surface area contributed by atoms with Gasteiger partial charge in [0, 0.05) is 12.6 Å². The predicted octanol–water partition coefficient (Wildman–Crippen LogP) is 2.33. The van der Waals surface area contributed by atoms with Crippen LogP contribution in [0.3, 0.4) is 0 Å². The van der Waals surface area contributed by atoms with Crippen molar-refractivity contribution in [2.45, 2.75) is 5.75 Å². The molecule has 2 aromatic carbocycles. The second kappa shape index (κ2) is 6.65. The molecule has 0 fully saturated rings. The van der Waals surface area contributed by atoms with Gasteiger partial charge in [0.1, 0.15) is 0 Å². The molecule has 0 unspecified atom stereocenters. The third-order valence-corrected chi connectivity index (χ3v) is 4.91. The summed E-state index contributed by atoms with van der Waals surface area (Å²) in [5, 5.41) is 0. The number of hydrogen-bond donors (Lipinski definition) is 0. The Morgan fingerprint density at radius 3 is 2.05 bits per heavy atom. The van der Waals surface area contributed by atoms with E-state index >= 15 is 0 Å². The molecular weight excluding hydrogens is 286 g/mol. The number of likely N-dealkylation sites (N-methyl/N-ethyl adjacent to an activating group) is 1. The number of nitrogens with zero attached hydrogens (tertiary/aromatic N) is 1. The lowest BCUT2D eigenvalue weighted by atomic mass is 10.1. The molecule has 21 heavy (non-hydrogen) atoms. The summed E-state index contributed by atoms with van der Waals surface area (Å²) in [7, 11) is -2.07. The molecule has 0 aliphatic rings. The lowest BCUT2D eigenvalue weighted by Crippen LogP contribution is -2.33. The maximum atomic E-state index is 12.2. The highest BCUT2D eigenvalue weighted by molar-refractivity contribution is 7.88. The average molecular weight is 303 g/mol. The molecule has 110 valence electrons. The van der Waals surface area contributed by atoms with Crippen molar-refractivity contribution >= 4 is 15.8 Å². The number of sulfonamides is 1. The van der Waals surface area contributed by atoms with Crippen LogP contribution in [0, 0.1) is 0 Å². The van der Waals surface area contributed by atoms with Gasteiger partial charge < -0.3 is 0 Å². The molecule has 0 atom stereocenters. The van der Waals surface area contributed by atoms with E-state index < -0.39 is 10.0 Å². The van der Waals surface area contributed by atoms with E-state index in [1.165, 1.54) is 7.05 Å². The Labute approximate surface area is 125 Å². The number of benzene rings is 2. The lowest BCUT2D eigenvalue weighted by Gasteiger charge is -2.16. The molecule has 0 heterocycles. The van der Waals surface area contributed by atoms with Gasteiger partial charge in [-0.2, -0.15) is 4.31 Å². The first-order valence-corrected chi connectivity index (χ1v) is 8.16. The van der Waals surface area contributed by atoms with Crippen LogP contribution in [0.15, 0.2) is 60.7 Å². The van der Waals surface area contributed by atoms with Crippen LogP contribution >= 0.6 is 0 Å². The van der Waals surface area contributed by atoms with Gasteiger partial charge in [0.25, 0.3) is 0 Å². The Morgan fingerprint density at radius 1 is 0.952 bits per heavy atom. The highest BCUT2D eigenvalue weighted by Gasteiger charge is 2.21. The number of ketones is 1. The summed E-state index contributed by atoms with van der Waals surface area (Å²) in [5.74, 6) is -0.318. The fourth-order valence-electron chi connectivity index (χ4n) is 1.91. The fourth-order valence-corrected chi connectivity index (χ4v) is 3.06. The van der Waals surface area contributed by atoms with Crippen molar-refractivity contribution in [3.05, 3.63) is 71.8 Å². The molecule has 0 N–H and O–H groups in total. The summed E-state index contributed by atoms with van der Waals surface area (Å²) >= 11 is 0. The summed E-state index contributed by atoms with van der Waals surface area (Å²) in [6.45, 7) is -0.154. The van der Waals surface area contributed by atoms with E-state index in [0.717, 1.165) is 4.31 Å². The Morgan fingerprint density at radius 2 is 1.48 bits per heavy atom. The van der Waals surface area contributed by atoms with Gasteiger partial charge >= 0.3 is 0 Å². The smallest absolute Gasteiger partial charge is 0.218 e. The topological polar surface area (TPSA) is 54.5 Å². The Bertz CT molecular complexity index is 697. The summed E-state index contributed by atoms with van der Waals surface area (Å²) in [6.07, 6.45) is 0. The number of rotatable bonds is 6. The van der Waals surface area contributed by atoms with Crippen molar-refractivity contribution in [1.82, 2.24) is 4.31 Å². The SMILES string of the molecule is CN(CC(=O)c1ccccc1)S(=O)(=O)Cc1ccccc1. The molecule has 0 amide bonds. The van der Waals surface area contributed by atoms with Crippen LogP contribution in [0.2, 0.25) is 0 Å². The van der Waals surface area contributed by atoms with Crippen molar-refractivity contribution in [1.29, 1.82) is 0 Å². The fraction of sp³-hybridized carbons (Fsp3) is 0.188. The van der Waals surface area contributed by atoms with E-state index in [1.807, 2.05) is 12.1 Å². The predicted molar refractivity (Wildman–Crippen MR) is 82.5 cm³/mol. The molecular formula is C16H17NO3S. The van der Waals surface area contributed by atoms with Crippen LogP contribution in [0.1, 0.15) is 15.9 Å². The molecule has 0 saturated carbocycles. The zero-order valence-corrected chi connectivity index (χ0v) is 12.6. The van der Waals surface area contributed by atoms with Gasteiger partial charge in [0.15, 0.2) is 5.78 Å². The standard InChI is InChI=1S/C16H17NO3S/c1-17(12-16(18)15-10-6-3-7-11-15)21(19,20)13-14-8-4-2-5-9-14/h2-11H,12-13H2,1H3. The average Bonchev–Trinajstić information content (AvgIpc) is 2.48. The molecule has 0 spiro atoms. The van der Waals surface area contributed by atoms with Crippen LogP contribution in [0.4, 0.5) is 0 Å². The molecule has 4 nitrogen and oxygen atoms in total. The maximum absolute atomic E-state index is 12.2. The summed E-state index contributed by atoms with van der Waals surface area (Å²) < 4.78 is 25.6.